The molecule has 0 saturated heterocycles. The van der Waals surface area contributed by atoms with E-state index in [0.29, 0.717) is 0 Å². The molecule has 0 spiro atoms. The predicted octanol–water partition coefficient (Wildman–Crippen LogP) is 1.12. The van der Waals surface area contributed by atoms with E-state index in [1.165, 1.54) is 11.3 Å². The van der Waals surface area contributed by atoms with Crippen LogP contribution in [0.5, 0.6) is 0 Å². The second-order valence-corrected chi connectivity index (χ2v) is 3.28. The van der Waals surface area contributed by atoms with Crippen molar-refractivity contribution in [2.75, 3.05) is 0 Å². The van der Waals surface area contributed by atoms with Crippen LogP contribution in [0, 0.1) is 0 Å². The van der Waals surface area contributed by atoms with Gasteiger partial charge in [0.05, 0.1) is 10.4 Å². The van der Waals surface area contributed by atoms with Gasteiger partial charge in [0.2, 0.25) is 0 Å². The molecule has 2 rings (SSSR count). The maximum Gasteiger partial charge on any atom is 0.101 e. The molecular formula is C6H7NOS. The molecule has 0 unspecified atom stereocenters. The monoisotopic (exact) mass is 141 g/mol. The Bertz CT molecular complexity index is 203. The smallest absolute Gasteiger partial charge is 0.101 e. The third-order valence-electron chi connectivity index (χ3n) is 1.61. The maximum absolute atomic E-state index is 9.46. The zero-order chi connectivity index (χ0) is 6.32. The van der Waals surface area contributed by atoms with Gasteiger partial charge >= 0.3 is 0 Å². The van der Waals surface area contributed by atoms with Crippen molar-refractivity contribution in [2.45, 2.75) is 18.4 Å². The quantitative estimate of drug-likeness (QED) is 0.635. The van der Waals surface area contributed by atoms with E-state index in [1.807, 2.05) is 0 Å². The van der Waals surface area contributed by atoms with Crippen LogP contribution in [0.25, 0.3) is 0 Å². The fourth-order valence-corrected chi connectivity index (χ4v) is 1.59. The number of thiazole rings is 1. The van der Waals surface area contributed by atoms with Crippen molar-refractivity contribution in [1.29, 1.82) is 0 Å². The molecule has 1 aromatic heterocycles. The van der Waals surface area contributed by atoms with Gasteiger partial charge in [-0.1, -0.05) is 0 Å². The number of hydrogen-bond acceptors (Lipinski definition) is 3. The number of rotatable bonds is 1. The minimum absolute atomic E-state index is 0.471. The van der Waals surface area contributed by atoms with Crippen molar-refractivity contribution in [1.82, 2.24) is 4.98 Å². The van der Waals surface area contributed by atoms with E-state index in [-0.39, 0.29) is 0 Å². The number of aromatic nitrogens is 1. The second-order valence-electron chi connectivity index (χ2n) is 2.40. The average molecular weight is 141 g/mol. The van der Waals surface area contributed by atoms with Gasteiger partial charge in [0.15, 0.2) is 0 Å². The van der Waals surface area contributed by atoms with Gasteiger partial charge in [-0.05, 0) is 12.8 Å². The zero-order valence-electron chi connectivity index (χ0n) is 4.87. The molecule has 0 atom stereocenters. The van der Waals surface area contributed by atoms with Crippen LogP contribution in [0.3, 0.4) is 0 Å². The van der Waals surface area contributed by atoms with Crippen LogP contribution >= 0.6 is 11.3 Å². The average Bonchev–Trinajstić information content (AvgIpc) is 2.46. The molecule has 1 N–H and O–H groups in total. The van der Waals surface area contributed by atoms with Crippen molar-refractivity contribution >= 4 is 11.3 Å². The molecule has 3 heteroatoms. The summed E-state index contributed by atoms with van der Waals surface area (Å²) in [6, 6.07) is 0. The molecule has 1 aliphatic carbocycles. The van der Waals surface area contributed by atoms with E-state index in [4.69, 9.17) is 0 Å². The highest BCUT2D eigenvalue weighted by atomic mass is 32.1. The topological polar surface area (TPSA) is 33.1 Å². The summed E-state index contributed by atoms with van der Waals surface area (Å²) in [6.45, 7) is 0. The lowest BCUT2D eigenvalue weighted by molar-refractivity contribution is 0.155. The van der Waals surface area contributed by atoms with Crippen LogP contribution in [0.2, 0.25) is 0 Å². The first-order chi connectivity index (χ1) is 4.31. The molecule has 1 aromatic rings. The third-order valence-corrected chi connectivity index (χ3v) is 2.58. The molecule has 1 aliphatic rings. The Morgan fingerprint density at radius 2 is 2.44 bits per heavy atom. The summed E-state index contributed by atoms with van der Waals surface area (Å²) in [5.74, 6) is 0. The summed E-state index contributed by atoms with van der Waals surface area (Å²) in [7, 11) is 0. The Hall–Kier alpha value is -0.410. The molecule has 0 bridgehead atoms. The van der Waals surface area contributed by atoms with Gasteiger partial charge in [0, 0.05) is 6.20 Å². The molecule has 0 amide bonds. The molecule has 1 saturated carbocycles. The van der Waals surface area contributed by atoms with E-state index < -0.39 is 5.60 Å². The van der Waals surface area contributed by atoms with Gasteiger partial charge in [-0.3, -0.25) is 4.98 Å². The van der Waals surface area contributed by atoms with Crippen molar-refractivity contribution in [3.8, 4) is 0 Å². The van der Waals surface area contributed by atoms with Gasteiger partial charge in [-0.15, -0.1) is 11.3 Å². The molecule has 0 aromatic carbocycles. The van der Waals surface area contributed by atoms with E-state index in [2.05, 4.69) is 4.98 Å². The van der Waals surface area contributed by atoms with Gasteiger partial charge in [0.25, 0.3) is 0 Å². The first kappa shape index (κ1) is 5.38. The van der Waals surface area contributed by atoms with E-state index in [1.54, 1.807) is 11.7 Å². The Labute approximate surface area is 57.2 Å². The molecule has 0 aliphatic heterocycles. The van der Waals surface area contributed by atoms with Gasteiger partial charge < -0.3 is 5.11 Å². The standard InChI is InChI=1S/C6H7NOS/c8-6(1-2-6)5-3-7-4-9-5/h3-4,8H,1-2H2. The van der Waals surface area contributed by atoms with E-state index in [9.17, 15) is 5.11 Å². The van der Waals surface area contributed by atoms with Crippen LogP contribution in [0.1, 0.15) is 17.7 Å². The minimum Gasteiger partial charge on any atom is -0.384 e. The summed E-state index contributed by atoms with van der Waals surface area (Å²) < 4.78 is 0. The van der Waals surface area contributed by atoms with Gasteiger partial charge in [0.1, 0.15) is 5.60 Å². The van der Waals surface area contributed by atoms with E-state index >= 15 is 0 Å². The van der Waals surface area contributed by atoms with Crippen molar-refractivity contribution in [2.24, 2.45) is 0 Å². The van der Waals surface area contributed by atoms with Crippen LogP contribution in [-0.2, 0) is 5.60 Å². The Morgan fingerprint density at radius 3 is 2.89 bits per heavy atom. The highest BCUT2D eigenvalue weighted by Gasteiger charge is 2.43. The lowest BCUT2D eigenvalue weighted by Crippen LogP contribution is -1.99. The normalized spacial score (nSPS) is 21.9. The molecule has 2 nitrogen and oxygen atoms in total. The molecule has 0 radical (unpaired) electrons. The molecule has 1 fully saturated rings. The second kappa shape index (κ2) is 1.55. The largest absolute Gasteiger partial charge is 0.384 e. The number of hydrogen-bond donors (Lipinski definition) is 1. The molecule has 48 valence electrons. The number of aliphatic hydroxyl groups is 1. The predicted molar refractivity (Wildman–Crippen MR) is 35.2 cm³/mol. The molecular weight excluding hydrogens is 134 g/mol. The lowest BCUT2D eigenvalue weighted by Gasteiger charge is -1.99. The Morgan fingerprint density at radius 1 is 1.67 bits per heavy atom. The van der Waals surface area contributed by atoms with Crippen molar-refractivity contribution < 1.29 is 5.11 Å². The Kier molecular flexibility index (Phi) is 0.926. The molecule has 9 heavy (non-hydrogen) atoms. The van der Waals surface area contributed by atoms with Crippen LogP contribution in [0.4, 0.5) is 0 Å². The number of nitrogens with zero attached hydrogens (tertiary/aromatic N) is 1. The molecule has 1 heterocycles. The summed E-state index contributed by atoms with van der Waals surface area (Å²) in [5.41, 5.74) is 1.28. The summed E-state index contributed by atoms with van der Waals surface area (Å²) in [5, 5.41) is 9.46. The highest BCUT2D eigenvalue weighted by molar-refractivity contribution is 7.09. The van der Waals surface area contributed by atoms with Crippen LogP contribution < -0.4 is 0 Å². The SMILES string of the molecule is OC1(c2cncs2)CC1. The van der Waals surface area contributed by atoms with Gasteiger partial charge in [-0.2, -0.15) is 0 Å². The van der Waals surface area contributed by atoms with Gasteiger partial charge in [-0.25, -0.2) is 0 Å². The van der Waals surface area contributed by atoms with Crippen LogP contribution in [-0.4, -0.2) is 10.1 Å². The fourth-order valence-electron chi connectivity index (χ4n) is 0.810. The Balaban J connectivity index is 2.34. The maximum atomic E-state index is 9.46. The van der Waals surface area contributed by atoms with Crippen molar-refractivity contribution in [3.63, 3.8) is 0 Å². The summed E-state index contributed by atoms with van der Waals surface area (Å²) >= 11 is 1.53. The fraction of sp³-hybridized carbons (Fsp3) is 0.500. The third kappa shape index (κ3) is 0.767. The highest BCUT2D eigenvalue weighted by Crippen LogP contribution is 2.46. The zero-order valence-corrected chi connectivity index (χ0v) is 5.69. The summed E-state index contributed by atoms with van der Waals surface area (Å²) in [4.78, 5) is 4.90. The minimum atomic E-state index is -0.471. The lowest BCUT2D eigenvalue weighted by atomic mass is 10.3. The first-order valence-electron chi connectivity index (χ1n) is 2.93. The van der Waals surface area contributed by atoms with E-state index in [0.717, 1.165) is 17.7 Å². The van der Waals surface area contributed by atoms with Crippen LogP contribution in [0.15, 0.2) is 11.7 Å². The first-order valence-corrected chi connectivity index (χ1v) is 3.81. The summed E-state index contributed by atoms with van der Waals surface area (Å²) in [6.07, 6.45) is 3.57. The van der Waals surface area contributed by atoms with Crippen molar-refractivity contribution in [3.05, 3.63) is 16.6 Å².